The van der Waals surface area contributed by atoms with Gasteiger partial charge in [0.2, 0.25) is 10.0 Å². The second-order valence-electron chi connectivity index (χ2n) is 7.09. The highest BCUT2D eigenvalue weighted by Gasteiger charge is 2.25. The average Bonchev–Trinajstić information content (AvgIpc) is 2.69. The Balaban J connectivity index is 1.97. The maximum absolute atomic E-state index is 12.6. The van der Waals surface area contributed by atoms with Crippen LogP contribution in [0.1, 0.15) is 52.4 Å². The predicted molar refractivity (Wildman–Crippen MR) is 111 cm³/mol. The SMILES string of the molecule is CCN(CC)S(=O)(=O)c1ccc(NCCCNC2CCCCC2)c([N+](=O)[O-])c1. The zero-order valence-electron chi connectivity index (χ0n) is 16.8. The van der Waals surface area contributed by atoms with E-state index in [-0.39, 0.29) is 10.6 Å². The second-order valence-corrected chi connectivity index (χ2v) is 9.03. The summed E-state index contributed by atoms with van der Waals surface area (Å²) < 4.78 is 26.5. The lowest BCUT2D eigenvalue weighted by molar-refractivity contribution is -0.384. The molecule has 158 valence electrons. The highest BCUT2D eigenvalue weighted by atomic mass is 32.2. The van der Waals surface area contributed by atoms with Gasteiger partial charge in [0.1, 0.15) is 5.69 Å². The minimum absolute atomic E-state index is 0.0487. The first kappa shape index (κ1) is 22.6. The molecule has 1 saturated carbocycles. The summed E-state index contributed by atoms with van der Waals surface area (Å²) in [6, 6.07) is 4.66. The minimum Gasteiger partial charge on any atom is -0.379 e. The van der Waals surface area contributed by atoms with Crippen LogP contribution in [-0.4, -0.2) is 49.9 Å². The molecule has 9 heteroatoms. The number of hydrogen-bond acceptors (Lipinski definition) is 6. The number of nitro groups is 1. The van der Waals surface area contributed by atoms with E-state index in [1.807, 2.05) is 0 Å². The van der Waals surface area contributed by atoms with Gasteiger partial charge in [0.15, 0.2) is 0 Å². The number of hydrogen-bond donors (Lipinski definition) is 2. The van der Waals surface area contributed by atoms with Crippen molar-refractivity contribution in [3.63, 3.8) is 0 Å². The fraction of sp³-hybridized carbons (Fsp3) is 0.684. The van der Waals surface area contributed by atoms with Gasteiger partial charge in [-0.3, -0.25) is 10.1 Å². The number of rotatable bonds is 11. The number of nitro benzene ring substituents is 1. The summed E-state index contributed by atoms with van der Waals surface area (Å²) in [6.45, 7) is 5.57. The summed E-state index contributed by atoms with van der Waals surface area (Å²) in [6.07, 6.45) is 7.18. The largest absolute Gasteiger partial charge is 0.379 e. The van der Waals surface area contributed by atoms with Crippen LogP contribution in [0.3, 0.4) is 0 Å². The summed E-state index contributed by atoms with van der Waals surface area (Å²) >= 11 is 0. The van der Waals surface area contributed by atoms with Gasteiger partial charge >= 0.3 is 0 Å². The number of sulfonamides is 1. The third-order valence-corrected chi connectivity index (χ3v) is 7.26. The van der Waals surface area contributed by atoms with Gasteiger partial charge in [-0.25, -0.2) is 8.42 Å². The molecule has 0 radical (unpaired) electrons. The van der Waals surface area contributed by atoms with Gasteiger partial charge in [0.05, 0.1) is 9.82 Å². The van der Waals surface area contributed by atoms with Crippen LogP contribution < -0.4 is 10.6 Å². The Morgan fingerprint density at radius 2 is 1.82 bits per heavy atom. The molecule has 0 unspecified atom stereocenters. The Kier molecular flexibility index (Phi) is 8.65. The highest BCUT2D eigenvalue weighted by molar-refractivity contribution is 7.89. The Bertz CT molecular complexity index is 744. The normalized spacial score (nSPS) is 15.7. The predicted octanol–water partition coefficient (Wildman–Crippen LogP) is 3.35. The van der Waals surface area contributed by atoms with Crippen LogP contribution in [-0.2, 0) is 10.0 Å². The smallest absolute Gasteiger partial charge is 0.293 e. The number of anilines is 1. The monoisotopic (exact) mass is 412 g/mol. The van der Waals surface area contributed by atoms with Gasteiger partial charge in [-0.15, -0.1) is 0 Å². The lowest BCUT2D eigenvalue weighted by Gasteiger charge is -2.22. The van der Waals surface area contributed by atoms with E-state index in [1.165, 1.54) is 48.5 Å². The van der Waals surface area contributed by atoms with Crippen molar-refractivity contribution in [1.82, 2.24) is 9.62 Å². The first-order chi connectivity index (χ1) is 13.4. The molecule has 8 nitrogen and oxygen atoms in total. The van der Waals surface area contributed by atoms with E-state index in [2.05, 4.69) is 10.6 Å². The van der Waals surface area contributed by atoms with Crippen LogP contribution in [0.25, 0.3) is 0 Å². The molecule has 1 aromatic rings. The lowest BCUT2D eigenvalue weighted by Crippen LogP contribution is -2.32. The minimum atomic E-state index is -3.72. The lowest BCUT2D eigenvalue weighted by atomic mass is 9.95. The maximum Gasteiger partial charge on any atom is 0.293 e. The van der Waals surface area contributed by atoms with E-state index in [1.54, 1.807) is 13.8 Å². The molecule has 1 aliphatic rings. The van der Waals surface area contributed by atoms with Gasteiger partial charge in [0.25, 0.3) is 5.69 Å². The molecule has 1 fully saturated rings. The Morgan fingerprint density at radius 1 is 1.14 bits per heavy atom. The Morgan fingerprint density at radius 3 is 2.43 bits per heavy atom. The molecule has 0 aliphatic heterocycles. The molecule has 2 N–H and O–H groups in total. The quantitative estimate of drug-likeness (QED) is 0.328. The Hall–Kier alpha value is -1.71. The van der Waals surface area contributed by atoms with Gasteiger partial charge < -0.3 is 10.6 Å². The molecule has 0 aromatic heterocycles. The van der Waals surface area contributed by atoms with Gasteiger partial charge in [-0.05, 0) is 37.9 Å². The van der Waals surface area contributed by atoms with E-state index < -0.39 is 14.9 Å². The van der Waals surface area contributed by atoms with E-state index in [9.17, 15) is 18.5 Å². The molecule has 0 amide bonds. The molecular formula is C19H32N4O4S. The van der Waals surface area contributed by atoms with Gasteiger partial charge in [-0.1, -0.05) is 33.1 Å². The zero-order valence-corrected chi connectivity index (χ0v) is 17.6. The summed E-state index contributed by atoms with van der Waals surface area (Å²) in [4.78, 5) is 10.9. The van der Waals surface area contributed by atoms with Crippen LogP contribution in [0, 0.1) is 10.1 Å². The Labute approximate surface area is 167 Å². The van der Waals surface area contributed by atoms with E-state index in [0.717, 1.165) is 19.0 Å². The first-order valence-corrected chi connectivity index (χ1v) is 11.6. The average molecular weight is 413 g/mol. The van der Waals surface area contributed by atoms with E-state index >= 15 is 0 Å². The van der Waals surface area contributed by atoms with Crippen molar-refractivity contribution < 1.29 is 13.3 Å². The van der Waals surface area contributed by atoms with Gasteiger partial charge in [0, 0.05) is 31.7 Å². The fourth-order valence-electron chi connectivity index (χ4n) is 3.61. The molecule has 0 heterocycles. The fourth-order valence-corrected chi connectivity index (χ4v) is 5.09. The summed E-state index contributed by atoms with van der Waals surface area (Å²) in [7, 11) is -3.72. The molecule has 0 saturated heterocycles. The maximum atomic E-state index is 12.6. The van der Waals surface area contributed by atoms with E-state index in [0.29, 0.717) is 31.4 Å². The van der Waals surface area contributed by atoms with Crippen molar-refractivity contribution in [2.45, 2.75) is 63.3 Å². The molecule has 2 rings (SSSR count). The van der Waals surface area contributed by atoms with Crippen LogP contribution in [0.5, 0.6) is 0 Å². The molecule has 0 bridgehead atoms. The summed E-state index contributed by atoms with van der Waals surface area (Å²) in [5.74, 6) is 0. The van der Waals surface area contributed by atoms with Crippen LogP contribution >= 0.6 is 0 Å². The first-order valence-electron chi connectivity index (χ1n) is 10.2. The van der Waals surface area contributed by atoms with Crippen LogP contribution in [0.4, 0.5) is 11.4 Å². The summed E-state index contributed by atoms with van der Waals surface area (Å²) in [5.41, 5.74) is 0.134. The number of nitrogens with one attached hydrogen (secondary N) is 2. The van der Waals surface area contributed by atoms with Crippen LogP contribution in [0.2, 0.25) is 0 Å². The van der Waals surface area contributed by atoms with Crippen molar-refractivity contribution in [2.75, 3.05) is 31.5 Å². The molecule has 28 heavy (non-hydrogen) atoms. The van der Waals surface area contributed by atoms with Gasteiger partial charge in [-0.2, -0.15) is 4.31 Å². The van der Waals surface area contributed by atoms with Crippen LogP contribution in [0.15, 0.2) is 23.1 Å². The van der Waals surface area contributed by atoms with Crippen molar-refractivity contribution in [2.24, 2.45) is 0 Å². The number of benzene rings is 1. The van der Waals surface area contributed by atoms with Crippen molar-refractivity contribution in [1.29, 1.82) is 0 Å². The van der Waals surface area contributed by atoms with Crippen molar-refractivity contribution in [3.05, 3.63) is 28.3 Å². The standard InChI is InChI=1S/C19H32N4O4S/c1-3-22(4-2)28(26,27)17-11-12-18(19(15-17)23(24)25)21-14-8-13-20-16-9-6-5-7-10-16/h11-12,15-16,20-21H,3-10,13-14H2,1-2H3. The zero-order chi connectivity index (χ0) is 20.6. The molecule has 1 aromatic carbocycles. The van der Waals surface area contributed by atoms with Crippen molar-refractivity contribution >= 4 is 21.4 Å². The third-order valence-electron chi connectivity index (χ3n) is 5.22. The van der Waals surface area contributed by atoms with Crippen molar-refractivity contribution in [3.8, 4) is 0 Å². The van der Waals surface area contributed by atoms with E-state index in [4.69, 9.17) is 0 Å². The molecular weight excluding hydrogens is 380 g/mol. The number of nitrogens with zero attached hydrogens (tertiary/aromatic N) is 2. The second kappa shape index (κ2) is 10.7. The molecule has 1 aliphatic carbocycles. The topological polar surface area (TPSA) is 105 Å². The highest BCUT2D eigenvalue weighted by Crippen LogP contribution is 2.29. The molecule has 0 spiro atoms. The third kappa shape index (κ3) is 5.89. The molecule has 0 atom stereocenters. The summed E-state index contributed by atoms with van der Waals surface area (Å²) in [5, 5.41) is 18.1.